The van der Waals surface area contributed by atoms with Crippen LogP contribution in [0.4, 0.5) is 22.0 Å². The lowest BCUT2D eigenvalue weighted by Gasteiger charge is -2.08. The number of hydrogen-bond acceptors (Lipinski definition) is 3. The summed E-state index contributed by atoms with van der Waals surface area (Å²) in [4.78, 5) is 11.8. The summed E-state index contributed by atoms with van der Waals surface area (Å²) in [7, 11) is 0. The molecular weight excluding hydrogens is 351 g/mol. The second-order valence-corrected chi connectivity index (χ2v) is 5.72. The standard InChI is InChI=1S/C16H7F5O2S/c17-11-12(18)14(20)16(15(21)13(11)19)23-10(22)5-7-6-24-9-4-2-1-3-8(7)9/h1-4,6H,5H2. The number of thiophene rings is 1. The molecule has 0 atom stereocenters. The van der Waals surface area contributed by atoms with Crippen LogP contribution in [0.3, 0.4) is 0 Å². The molecular formula is C16H7F5O2S. The summed E-state index contributed by atoms with van der Waals surface area (Å²) in [5, 5.41) is 2.40. The van der Waals surface area contributed by atoms with E-state index < -0.39 is 40.8 Å². The summed E-state index contributed by atoms with van der Waals surface area (Å²) >= 11 is 1.35. The predicted octanol–water partition coefficient (Wildman–Crippen LogP) is 4.74. The maximum absolute atomic E-state index is 13.5. The zero-order chi connectivity index (χ0) is 17.4. The third-order valence-electron chi connectivity index (χ3n) is 3.28. The van der Waals surface area contributed by atoms with Gasteiger partial charge < -0.3 is 4.74 Å². The van der Waals surface area contributed by atoms with Crippen molar-refractivity contribution in [2.45, 2.75) is 6.42 Å². The SMILES string of the molecule is O=C(Cc1csc2ccccc12)Oc1c(F)c(F)c(F)c(F)c1F. The van der Waals surface area contributed by atoms with E-state index in [-0.39, 0.29) is 6.42 Å². The van der Waals surface area contributed by atoms with Gasteiger partial charge in [0.1, 0.15) is 0 Å². The van der Waals surface area contributed by atoms with Crippen molar-refractivity contribution in [1.29, 1.82) is 0 Å². The van der Waals surface area contributed by atoms with E-state index in [1.54, 1.807) is 23.6 Å². The molecule has 3 rings (SSSR count). The second kappa shape index (κ2) is 6.20. The zero-order valence-corrected chi connectivity index (χ0v) is 12.5. The van der Waals surface area contributed by atoms with Crippen molar-refractivity contribution in [2.24, 2.45) is 0 Å². The smallest absolute Gasteiger partial charge is 0.315 e. The van der Waals surface area contributed by atoms with Crippen molar-refractivity contribution in [3.8, 4) is 5.75 Å². The van der Waals surface area contributed by atoms with Gasteiger partial charge in [-0.05, 0) is 22.4 Å². The lowest BCUT2D eigenvalue weighted by atomic mass is 10.1. The van der Waals surface area contributed by atoms with Gasteiger partial charge in [-0.3, -0.25) is 4.79 Å². The Morgan fingerprint density at radius 1 is 0.917 bits per heavy atom. The highest BCUT2D eigenvalue weighted by molar-refractivity contribution is 7.17. The average Bonchev–Trinajstić information content (AvgIpc) is 2.98. The van der Waals surface area contributed by atoms with Crippen LogP contribution in [-0.4, -0.2) is 5.97 Å². The molecule has 0 bridgehead atoms. The summed E-state index contributed by atoms with van der Waals surface area (Å²) in [5.74, 6) is -13.8. The van der Waals surface area contributed by atoms with Crippen LogP contribution in [0.15, 0.2) is 29.6 Å². The molecule has 0 saturated carbocycles. The van der Waals surface area contributed by atoms with Gasteiger partial charge in [-0.1, -0.05) is 18.2 Å². The van der Waals surface area contributed by atoms with Crippen LogP contribution in [0.1, 0.15) is 5.56 Å². The minimum atomic E-state index is -2.31. The summed E-state index contributed by atoms with van der Waals surface area (Å²) in [6, 6.07) is 7.11. The molecule has 0 fully saturated rings. The number of benzene rings is 2. The van der Waals surface area contributed by atoms with Crippen molar-refractivity contribution in [2.75, 3.05) is 0 Å². The minimum Gasteiger partial charge on any atom is -0.420 e. The van der Waals surface area contributed by atoms with Crippen LogP contribution in [0.5, 0.6) is 5.75 Å². The molecule has 0 radical (unpaired) electrons. The van der Waals surface area contributed by atoms with E-state index >= 15 is 0 Å². The number of fused-ring (bicyclic) bond motifs is 1. The summed E-state index contributed by atoms with van der Waals surface area (Å²) in [6.07, 6.45) is -0.372. The van der Waals surface area contributed by atoms with Gasteiger partial charge in [-0.15, -0.1) is 11.3 Å². The first-order valence-electron chi connectivity index (χ1n) is 6.57. The summed E-state index contributed by atoms with van der Waals surface area (Å²) in [5.41, 5.74) is 0.532. The highest BCUT2D eigenvalue weighted by Gasteiger charge is 2.28. The Morgan fingerprint density at radius 2 is 1.50 bits per heavy atom. The monoisotopic (exact) mass is 358 g/mol. The lowest BCUT2D eigenvalue weighted by molar-refractivity contribution is -0.134. The highest BCUT2D eigenvalue weighted by atomic mass is 32.1. The van der Waals surface area contributed by atoms with E-state index in [9.17, 15) is 26.7 Å². The normalized spacial score (nSPS) is 11.0. The van der Waals surface area contributed by atoms with E-state index in [4.69, 9.17) is 0 Å². The van der Waals surface area contributed by atoms with Gasteiger partial charge in [0.15, 0.2) is 0 Å². The van der Waals surface area contributed by atoms with Crippen LogP contribution in [0.25, 0.3) is 10.1 Å². The second-order valence-electron chi connectivity index (χ2n) is 4.81. The number of hydrogen-bond donors (Lipinski definition) is 0. The van der Waals surface area contributed by atoms with Gasteiger partial charge in [0, 0.05) is 4.70 Å². The molecule has 1 heterocycles. The highest BCUT2D eigenvalue weighted by Crippen LogP contribution is 2.30. The fourth-order valence-corrected chi connectivity index (χ4v) is 3.11. The Labute approximate surface area is 136 Å². The Balaban J connectivity index is 1.88. The molecule has 2 nitrogen and oxygen atoms in total. The van der Waals surface area contributed by atoms with E-state index in [0.717, 1.165) is 10.1 Å². The number of carbonyl (C=O) groups is 1. The molecule has 124 valence electrons. The first-order chi connectivity index (χ1) is 11.4. The van der Waals surface area contributed by atoms with Crippen LogP contribution in [-0.2, 0) is 11.2 Å². The van der Waals surface area contributed by atoms with Crippen LogP contribution in [0.2, 0.25) is 0 Å². The van der Waals surface area contributed by atoms with Crippen molar-refractivity contribution >= 4 is 27.4 Å². The fraction of sp³-hybridized carbons (Fsp3) is 0.0625. The topological polar surface area (TPSA) is 26.3 Å². The number of halogens is 5. The molecule has 0 amide bonds. The van der Waals surface area contributed by atoms with Crippen LogP contribution in [0, 0.1) is 29.1 Å². The summed E-state index contributed by atoms with van der Waals surface area (Å²) < 4.78 is 71.4. The molecule has 0 N–H and O–H groups in total. The van der Waals surface area contributed by atoms with Gasteiger partial charge in [-0.2, -0.15) is 8.78 Å². The first kappa shape index (κ1) is 16.4. The lowest BCUT2D eigenvalue weighted by Crippen LogP contribution is -2.15. The number of rotatable bonds is 3. The maximum Gasteiger partial charge on any atom is 0.315 e. The van der Waals surface area contributed by atoms with Gasteiger partial charge in [0.25, 0.3) is 0 Å². The number of esters is 1. The zero-order valence-electron chi connectivity index (χ0n) is 11.7. The minimum absolute atomic E-state index is 0.372. The molecule has 0 aliphatic heterocycles. The molecule has 8 heteroatoms. The van der Waals surface area contributed by atoms with Crippen LogP contribution < -0.4 is 4.74 Å². The molecule has 0 saturated heterocycles. The van der Waals surface area contributed by atoms with E-state index in [2.05, 4.69) is 4.74 Å². The van der Waals surface area contributed by atoms with Gasteiger partial charge in [0.05, 0.1) is 6.42 Å². The molecule has 0 aliphatic rings. The Kier molecular flexibility index (Phi) is 4.23. The first-order valence-corrected chi connectivity index (χ1v) is 7.45. The third kappa shape index (κ3) is 2.73. The molecule has 0 spiro atoms. The molecule has 1 aromatic heterocycles. The fourth-order valence-electron chi connectivity index (χ4n) is 2.15. The molecule has 3 aromatic rings. The van der Waals surface area contributed by atoms with Gasteiger partial charge in [-0.25, -0.2) is 13.2 Å². The quantitative estimate of drug-likeness (QED) is 0.222. The molecule has 0 unspecified atom stereocenters. The van der Waals surface area contributed by atoms with Crippen molar-refractivity contribution in [3.05, 3.63) is 64.3 Å². The average molecular weight is 358 g/mol. The largest absolute Gasteiger partial charge is 0.420 e. The maximum atomic E-state index is 13.5. The molecule has 24 heavy (non-hydrogen) atoms. The summed E-state index contributed by atoms with van der Waals surface area (Å²) in [6.45, 7) is 0. The van der Waals surface area contributed by atoms with Crippen LogP contribution >= 0.6 is 11.3 Å². The number of ether oxygens (including phenoxy) is 1. The van der Waals surface area contributed by atoms with E-state index in [0.29, 0.717) is 5.56 Å². The van der Waals surface area contributed by atoms with Crippen molar-refractivity contribution < 1.29 is 31.5 Å². The Bertz CT molecular complexity index is 922. The molecule has 0 aliphatic carbocycles. The van der Waals surface area contributed by atoms with Crippen molar-refractivity contribution in [3.63, 3.8) is 0 Å². The van der Waals surface area contributed by atoms with Crippen molar-refractivity contribution in [1.82, 2.24) is 0 Å². The van der Waals surface area contributed by atoms with E-state index in [1.807, 2.05) is 6.07 Å². The third-order valence-corrected chi connectivity index (χ3v) is 4.29. The Hall–Kier alpha value is -2.48. The van der Waals surface area contributed by atoms with Gasteiger partial charge in [0.2, 0.25) is 34.8 Å². The predicted molar refractivity (Wildman–Crippen MR) is 77.4 cm³/mol. The van der Waals surface area contributed by atoms with Gasteiger partial charge >= 0.3 is 5.97 Å². The number of carbonyl (C=O) groups excluding carboxylic acids is 1. The van der Waals surface area contributed by atoms with E-state index in [1.165, 1.54) is 11.3 Å². The molecule has 2 aromatic carbocycles. The Morgan fingerprint density at radius 3 is 2.17 bits per heavy atom.